The number of morpholine rings is 1. The minimum absolute atomic E-state index is 0.0431. The van der Waals surface area contributed by atoms with Gasteiger partial charge in [0.2, 0.25) is 5.91 Å². The van der Waals surface area contributed by atoms with Gasteiger partial charge in [0, 0.05) is 26.2 Å². The summed E-state index contributed by atoms with van der Waals surface area (Å²) in [7, 11) is 0. The topological polar surface area (TPSA) is 80.3 Å². The van der Waals surface area contributed by atoms with E-state index in [-0.39, 0.29) is 24.2 Å². The van der Waals surface area contributed by atoms with Crippen molar-refractivity contribution in [1.29, 1.82) is 0 Å². The highest BCUT2D eigenvalue weighted by atomic mass is 16.6. The maximum absolute atomic E-state index is 11.3. The van der Waals surface area contributed by atoms with E-state index in [1.54, 1.807) is 0 Å². The number of aliphatic hydroxyl groups excluding tert-OH is 1. The fourth-order valence-corrected chi connectivity index (χ4v) is 3.81. The summed E-state index contributed by atoms with van der Waals surface area (Å²) in [6, 6.07) is 5.82. The first-order valence-corrected chi connectivity index (χ1v) is 9.24. The Bertz CT molecular complexity index is 660. The largest absolute Gasteiger partial charge is 0.486 e. The number of β-amino-alcohol motifs (C(OH)–C–C–N with tert-alkyl or cyclic N) is 1. The van der Waals surface area contributed by atoms with Crippen molar-refractivity contribution in [2.75, 3.05) is 39.4 Å². The fraction of sp³-hybridized carbons (Fsp3) is 0.632. The van der Waals surface area contributed by atoms with Crippen LogP contribution >= 0.6 is 0 Å². The number of amides is 1. The fourth-order valence-electron chi connectivity index (χ4n) is 3.81. The van der Waals surface area contributed by atoms with Crippen LogP contribution in [0.15, 0.2) is 18.2 Å². The molecule has 1 amide bonds. The van der Waals surface area contributed by atoms with Crippen molar-refractivity contribution in [1.82, 2.24) is 10.2 Å². The van der Waals surface area contributed by atoms with Crippen molar-refractivity contribution in [2.45, 2.75) is 37.6 Å². The normalized spacial score (nSPS) is 26.4. The number of nitrogens with zero attached hydrogens (tertiary/aromatic N) is 1. The van der Waals surface area contributed by atoms with Crippen LogP contribution in [0.25, 0.3) is 0 Å². The van der Waals surface area contributed by atoms with Crippen molar-refractivity contribution in [3.63, 3.8) is 0 Å². The summed E-state index contributed by atoms with van der Waals surface area (Å²) >= 11 is 0. The van der Waals surface area contributed by atoms with Crippen LogP contribution in [0, 0.1) is 6.92 Å². The Hall–Kier alpha value is -1.83. The summed E-state index contributed by atoms with van der Waals surface area (Å²) in [5.41, 5.74) is 0.881. The number of hydrogen-bond donors (Lipinski definition) is 2. The monoisotopic (exact) mass is 362 g/mol. The van der Waals surface area contributed by atoms with Gasteiger partial charge in [-0.1, -0.05) is 6.07 Å². The molecule has 2 unspecified atom stereocenters. The first-order chi connectivity index (χ1) is 12.5. The van der Waals surface area contributed by atoms with E-state index in [4.69, 9.17) is 14.2 Å². The molecule has 1 spiro atoms. The molecule has 3 aliphatic rings. The molecule has 26 heavy (non-hydrogen) atoms. The van der Waals surface area contributed by atoms with Crippen molar-refractivity contribution >= 4 is 5.91 Å². The highest BCUT2D eigenvalue weighted by Crippen LogP contribution is 2.33. The van der Waals surface area contributed by atoms with Gasteiger partial charge >= 0.3 is 0 Å². The zero-order valence-corrected chi connectivity index (χ0v) is 15.1. The lowest BCUT2D eigenvalue weighted by Crippen LogP contribution is -2.58. The standard InChI is InChI=1S/C19H26N2O5/c1-13-2-3-15-16(8-13)24-10-17(26-15)14(22)9-21-6-4-19(5-7-21)12-20-18(23)11-25-19/h2-3,8,14,17,22H,4-7,9-12H2,1H3,(H,20,23). The lowest BCUT2D eigenvalue weighted by atomic mass is 9.89. The first-order valence-electron chi connectivity index (χ1n) is 9.24. The van der Waals surface area contributed by atoms with Crippen LogP contribution in [-0.4, -0.2) is 73.1 Å². The average Bonchev–Trinajstić information content (AvgIpc) is 2.66. The number of fused-ring (bicyclic) bond motifs is 1. The smallest absolute Gasteiger partial charge is 0.246 e. The highest BCUT2D eigenvalue weighted by Gasteiger charge is 2.40. The van der Waals surface area contributed by atoms with Gasteiger partial charge in [-0.15, -0.1) is 0 Å². The maximum atomic E-state index is 11.3. The molecule has 7 heteroatoms. The molecule has 3 heterocycles. The number of likely N-dealkylation sites (tertiary alicyclic amines) is 1. The number of benzene rings is 1. The maximum Gasteiger partial charge on any atom is 0.246 e. The summed E-state index contributed by atoms with van der Waals surface area (Å²) in [5, 5.41) is 13.5. The van der Waals surface area contributed by atoms with Gasteiger partial charge in [0.05, 0.1) is 5.60 Å². The van der Waals surface area contributed by atoms with Gasteiger partial charge in [-0.3, -0.25) is 4.79 Å². The Balaban J connectivity index is 1.29. The summed E-state index contributed by atoms with van der Waals surface area (Å²) < 4.78 is 17.5. The van der Waals surface area contributed by atoms with Crippen molar-refractivity contribution in [2.24, 2.45) is 0 Å². The van der Waals surface area contributed by atoms with Gasteiger partial charge < -0.3 is 29.5 Å². The SMILES string of the molecule is Cc1ccc2c(c1)OCC(C(O)CN1CCC3(CC1)CNC(=O)CO3)O2. The van der Waals surface area contributed by atoms with E-state index in [0.717, 1.165) is 37.2 Å². The molecule has 4 rings (SSSR count). The zero-order chi connectivity index (χ0) is 18.1. The van der Waals surface area contributed by atoms with E-state index in [9.17, 15) is 9.90 Å². The van der Waals surface area contributed by atoms with Gasteiger partial charge in [0.1, 0.15) is 19.3 Å². The molecular formula is C19H26N2O5. The molecule has 2 fully saturated rings. The Morgan fingerprint density at radius 3 is 2.88 bits per heavy atom. The molecule has 0 bridgehead atoms. The minimum atomic E-state index is -0.620. The van der Waals surface area contributed by atoms with Crippen molar-refractivity contribution < 1.29 is 24.1 Å². The van der Waals surface area contributed by atoms with Gasteiger partial charge in [0.25, 0.3) is 0 Å². The van der Waals surface area contributed by atoms with E-state index in [1.165, 1.54) is 0 Å². The molecule has 2 atom stereocenters. The van der Waals surface area contributed by atoms with Crippen LogP contribution in [0.3, 0.4) is 0 Å². The highest BCUT2D eigenvalue weighted by molar-refractivity contribution is 5.78. The molecule has 3 aliphatic heterocycles. The molecule has 1 aromatic rings. The minimum Gasteiger partial charge on any atom is -0.486 e. The molecule has 142 valence electrons. The summed E-state index contributed by atoms with van der Waals surface area (Å²) in [5.74, 6) is 1.39. The van der Waals surface area contributed by atoms with Crippen LogP contribution in [0.2, 0.25) is 0 Å². The molecule has 1 aromatic carbocycles. The number of nitrogens with one attached hydrogen (secondary N) is 1. The number of aliphatic hydroxyl groups is 1. The van der Waals surface area contributed by atoms with E-state index in [0.29, 0.717) is 25.4 Å². The summed E-state index contributed by atoms with van der Waals surface area (Å²) in [4.78, 5) is 13.5. The van der Waals surface area contributed by atoms with Gasteiger partial charge in [-0.25, -0.2) is 0 Å². The van der Waals surface area contributed by atoms with Gasteiger partial charge in [-0.05, 0) is 37.5 Å². The Morgan fingerprint density at radius 2 is 2.15 bits per heavy atom. The molecule has 2 saturated heterocycles. The van der Waals surface area contributed by atoms with Crippen LogP contribution in [-0.2, 0) is 9.53 Å². The third-order valence-corrected chi connectivity index (χ3v) is 5.54. The second kappa shape index (κ2) is 7.06. The van der Waals surface area contributed by atoms with E-state index in [2.05, 4.69) is 10.2 Å². The number of aryl methyl sites for hydroxylation is 1. The molecule has 0 saturated carbocycles. The van der Waals surface area contributed by atoms with Crippen LogP contribution in [0.1, 0.15) is 18.4 Å². The molecule has 0 aliphatic carbocycles. The van der Waals surface area contributed by atoms with Crippen molar-refractivity contribution in [3.8, 4) is 11.5 Å². The number of carbonyl (C=O) groups excluding carboxylic acids is 1. The number of carbonyl (C=O) groups is 1. The molecule has 2 N–H and O–H groups in total. The molecule has 0 radical (unpaired) electrons. The Morgan fingerprint density at radius 1 is 1.35 bits per heavy atom. The van der Waals surface area contributed by atoms with Crippen LogP contribution < -0.4 is 14.8 Å². The second-order valence-electron chi connectivity index (χ2n) is 7.53. The number of rotatable bonds is 3. The third kappa shape index (κ3) is 3.65. The number of ether oxygens (including phenoxy) is 3. The number of hydrogen-bond acceptors (Lipinski definition) is 6. The predicted octanol–water partition coefficient (Wildman–Crippen LogP) is 0.477. The number of piperidine rings is 1. The molecule has 7 nitrogen and oxygen atoms in total. The van der Waals surface area contributed by atoms with E-state index < -0.39 is 6.10 Å². The van der Waals surface area contributed by atoms with Gasteiger partial charge in [-0.2, -0.15) is 0 Å². The van der Waals surface area contributed by atoms with E-state index >= 15 is 0 Å². The predicted molar refractivity (Wildman–Crippen MR) is 94.5 cm³/mol. The van der Waals surface area contributed by atoms with E-state index in [1.807, 2.05) is 25.1 Å². The summed E-state index contributed by atoms with van der Waals surface area (Å²) in [6.45, 7) is 5.29. The second-order valence-corrected chi connectivity index (χ2v) is 7.53. The third-order valence-electron chi connectivity index (χ3n) is 5.54. The van der Waals surface area contributed by atoms with Crippen LogP contribution in [0.5, 0.6) is 11.5 Å². The average molecular weight is 362 g/mol. The van der Waals surface area contributed by atoms with Crippen LogP contribution in [0.4, 0.5) is 0 Å². The first kappa shape index (κ1) is 17.6. The lowest BCUT2D eigenvalue weighted by molar-refractivity contribution is -0.151. The Kier molecular flexibility index (Phi) is 4.77. The summed E-state index contributed by atoms with van der Waals surface area (Å²) in [6.07, 6.45) is 0.714. The quantitative estimate of drug-likeness (QED) is 0.814. The Labute approximate surface area is 153 Å². The molecular weight excluding hydrogens is 336 g/mol. The molecule has 0 aromatic heterocycles. The zero-order valence-electron chi connectivity index (χ0n) is 15.1. The van der Waals surface area contributed by atoms with Crippen molar-refractivity contribution in [3.05, 3.63) is 23.8 Å². The van der Waals surface area contributed by atoms with Gasteiger partial charge in [0.15, 0.2) is 17.6 Å². The lowest BCUT2D eigenvalue weighted by Gasteiger charge is -2.44.